The van der Waals surface area contributed by atoms with E-state index in [0.717, 1.165) is 11.3 Å². The van der Waals surface area contributed by atoms with E-state index >= 15 is 0 Å². The number of carbonyl (C=O) groups is 3. The molecule has 0 aliphatic heterocycles. The van der Waals surface area contributed by atoms with Gasteiger partial charge in [-0.25, -0.2) is 4.79 Å². The van der Waals surface area contributed by atoms with Gasteiger partial charge in [-0.1, -0.05) is 67.6 Å². The van der Waals surface area contributed by atoms with Gasteiger partial charge in [0, 0.05) is 48.0 Å². The van der Waals surface area contributed by atoms with E-state index in [1.165, 1.54) is 0 Å². The number of methoxy groups -OCH3 is 1. The van der Waals surface area contributed by atoms with Crippen LogP contribution in [-0.2, 0) is 16.0 Å². The fourth-order valence-electron chi connectivity index (χ4n) is 4.68. The third kappa shape index (κ3) is 8.45. The van der Waals surface area contributed by atoms with Crippen molar-refractivity contribution in [3.8, 4) is 11.5 Å². The first-order valence-corrected chi connectivity index (χ1v) is 14.2. The maximum atomic E-state index is 13.1. The molecule has 1 atom stereocenters. The van der Waals surface area contributed by atoms with Crippen LogP contribution in [0.3, 0.4) is 0 Å². The van der Waals surface area contributed by atoms with Crippen LogP contribution in [0, 0.1) is 0 Å². The molecule has 0 saturated carbocycles. The maximum Gasteiger partial charge on any atom is 0.326 e. The number of hydrogen-bond acceptors (Lipinski definition) is 6. The Morgan fingerprint density at radius 3 is 2.28 bits per heavy atom. The van der Waals surface area contributed by atoms with Crippen LogP contribution in [0.1, 0.15) is 41.3 Å². The zero-order valence-corrected chi connectivity index (χ0v) is 24.4. The van der Waals surface area contributed by atoms with Gasteiger partial charge >= 0.3 is 5.97 Å². The highest BCUT2D eigenvalue weighted by Gasteiger charge is 2.21. The molecule has 0 spiro atoms. The zero-order chi connectivity index (χ0) is 30.6. The van der Waals surface area contributed by atoms with Crippen LogP contribution in [0.5, 0.6) is 11.5 Å². The summed E-state index contributed by atoms with van der Waals surface area (Å²) < 4.78 is 11.2. The van der Waals surface area contributed by atoms with Gasteiger partial charge in [-0.05, 0) is 48.4 Å². The molecule has 1 amide bonds. The third-order valence-corrected chi connectivity index (χ3v) is 6.96. The molecule has 2 N–H and O–H groups in total. The molecule has 43 heavy (non-hydrogen) atoms. The first-order chi connectivity index (χ1) is 20.9. The lowest BCUT2D eigenvalue weighted by molar-refractivity contribution is -0.137. The lowest BCUT2D eigenvalue weighted by atomic mass is 10.00. The number of carboxylic acid groups (broad SMARTS) is 1. The minimum atomic E-state index is -1.02. The van der Waals surface area contributed by atoms with Crippen molar-refractivity contribution in [2.75, 3.05) is 30.5 Å². The Balaban J connectivity index is 1.34. The average Bonchev–Trinajstić information content (AvgIpc) is 3.05. The largest absolute Gasteiger partial charge is 0.497 e. The topological polar surface area (TPSA) is 105 Å². The Bertz CT molecular complexity index is 1520. The number of ether oxygens (including phenoxy) is 2. The fraction of sp³-hybridized carbons (Fsp3) is 0.229. The number of ketones is 1. The van der Waals surface area contributed by atoms with E-state index in [0.29, 0.717) is 54.3 Å². The summed E-state index contributed by atoms with van der Waals surface area (Å²) in [6.45, 7) is 2.74. The summed E-state index contributed by atoms with van der Waals surface area (Å²) in [5.74, 6) is 0.154. The normalized spacial score (nSPS) is 11.3. The van der Waals surface area contributed by atoms with Gasteiger partial charge in [0.2, 0.25) is 5.91 Å². The summed E-state index contributed by atoms with van der Waals surface area (Å²) in [7, 11) is 1.59. The van der Waals surface area contributed by atoms with Crippen molar-refractivity contribution in [3.63, 3.8) is 0 Å². The van der Waals surface area contributed by atoms with Gasteiger partial charge in [0.25, 0.3) is 0 Å². The van der Waals surface area contributed by atoms with Crippen molar-refractivity contribution >= 4 is 29.0 Å². The van der Waals surface area contributed by atoms with Crippen molar-refractivity contribution in [2.45, 2.75) is 32.2 Å². The highest BCUT2D eigenvalue weighted by molar-refractivity contribution is 6.12. The highest BCUT2D eigenvalue weighted by atomic mass is 16.5. The molecule has 0 aromatic heterocycles. The molecule has 0 fully saturated rings. The van der Waals surface area contributed by atoms with Crippen LogP contribution in [0.4, 0.5) is 11.4 Å². The summed E-state index contributed by atoms with van der Waals surface area (Å²) in [6.07, 6.45) is 1.22. The number of aliphatic carboxylic acids is 1. The standard InChI is InChI=1S/C35H36N2O6/c1-3-33(38)37(27-13-9-14-29(24-27)42-2)21-10-22-43-28-19-17-25(18-20-28)23-32(35(40)41)36-31-16-8-7-15-30(31)34(39)26-11-5-4-6-12-26/h4-9,11-20,24,32,36H,3,10,21-23H2,1-2H3,(H,40,41). The smallest absolute Gasteiger partial charge is 0.326 e. The maximum absolute atomic E-state index is 13.1. The second-order valence-electron chi connectivity index (χ2n) is 9.93. The number of benzene rings is 4. The Hall–Kier alpha value is -5.11. The van der Waals surface area contributed by atoms with Gasteiger partial charge in [0.15, 0.2) is 5.78 Å². The molecule has 4 aromatic carbocycles. The van der Waals surface area contributed by atoms with Crippen molar-refractivity contribution in [3.05, 3.63) is 120 Å². The van der Waals surface area contributed by atoms with E-state index in [1.54, 1.807) is 72.7 Å². The molecular weight excluding hydrogens is 544 g/mol. The van der Waals surface area contributed by atoms with Crippen LogP contribution in [0.25, 0.3) is 0 Å². The molecule has 0 saturated heterocycles. The van der Waals surface area contributed by atoms with E-state index in [-0.39, 0.29) is 18.1 Å². The first-order valence-electron chi connectivity index (χ1n) is 14.2. The lowest BCUT2D eigenvalue weighted by Crippen LogP contribution is -2.32. The molecule has 1 unspecified atom stereocenters. The third-order valence-electron chi connectivity index (χ3n) is 6.96. The lowest BCUT2D eigenvalue weighted by Gasteiger charge is -2.23. The monoisotopic (exact) mass is 580 g/mol. The number of hydrogen-bond donors (Lipinski definition) is 2. The first kappa shape index (κ1) is 30.8. The highest BCUT2D eigenvalue weighted by Crippen LogP contribution is 2.24. The van der Waals surface area contributed by atoms with Gasteiger partial charge in [0.05, 0.1) is 13.7 Å². The van der Waals surface area contributed by atoms with E-state index < -0.39 is 12.0 Å². The van der Waals surface area contributed by atoms with Gasteiger partial charge in [-0.3, -0.25) is 9.59 Å². The molecular formula is C35H36N2O6. The minimum Gasteiger partial charge on any atom is -0.497 e. The Morgan fingerprint density at radius 2 is 1.58 bits per heavy atom. The van der Waals surface area contributed by atoms with Gasteiger partial charge < -0.3 is 24.8 Å². The molecule has 0 bridgehead atoms. The molecule has 222 valence electrons. The number of carboxylic acids is 1. The van der Waals surface area contributed by atoms with E-state index in [1.807, 2.05) is 49.4 Å². The fourth-order valence-corrected chi connectivity index (χ4v) is 4.68. The van der Waals surface area contributed by atoms with Crippen LogP contribution in [0.15, 0.2) is 103 Å². The van der Waals surface area contributed by atoms with E-state index in [9.17, 15) is 19.5 Å². The molecule has 4 aromatic rings. The van der Waals surface area contributed by atoms with Crippen molar-refractivity contribution < 1.29 is 29.0 Å². The Morgan fingerprint density at radius 1 is 0.860 bits per heavy atom. The zero-order valence-electron chi connectivity index (χ0n) is 24.4. The average molecular weight is 581 g/mol. The number of amides is 1. The van der Waals surface area contributed by atoms with Crippen molar-refractivity contribution in [1.29, 1.82) is 0 Å². The molecule has 0 aliphatic carbocycles. The molecule has 0 aliphatic rings. The number of anilines is 2. The second-order valence-corrected chi connectivity index (χ2v) is 9.93. The molecule has 8 nitrogen and oxygen atoms in total. The van der Waals surface area contributed by atoms with Crippen LogP contribution >= 0.6 is 0 Å². The van der Waals surface area contributed by atoms with Gasteiger partial charge in [-0.15, -0.1) is 0 Å². The van der Waals surface area contributed by atoms with Gasteiger partial charge in [-0.2, -0.15) is 0 Å². The van der Waals surface area contributed by atoms with E-state index in [4.69, 9.17) is 9.47 Å². The summed E-state index contributed by atoms with van der Waals surface area (Å²) in [4.78, 5) is 39.5. The number of para-hydroxylation sites is 1. The summed E-state index contributed by atoms with van der Waals surface area (Å²) in [5.41, 5.74) is 2.99. The van der Waals surface area contributed by atoms with Gasteiger partial charge in [0.1, 0.15) is 17.5 Å². The van der Waals surface area contributed by atoms with Crippen LogP contribution in [0.2, 0.25) is 0 Å². The molecule has 4 rings (SSSR count). The van der Waals surface area contributed by atoms with Crippen LogP contribution < -0.4 is 19.7 Å². The van der Waals surface area contributed by atoms with Crippen LogP contribution in [-0.4, -0.2) is 49.1 Å². The quantitative estimate of drug-likeness (QED) is 0.127. The number of nitrogens with zero attached hydrogens (tertiary/aromatic N) is 1. The summed E-state index contributed by atoms with van der Waals surface area (Å²) >= 11 is 0. The Labute approximate surface area is 251 Å². The summed E-state index contributed by atoms with van der Waals surface area (Å²) in [6, 6.07) is 29.6. The molecule has 0 radical (unpaired) electrons. The number of carbonyl (C=O) groups excluding carboxylic acids is 2. The van der Waals surface area contributed by atoms with Crippen molar-refractivity contribution in [1.82, 2.24) is 0 Å². The van der Waals surface area contributed by atoms with E-state index in [2.05, 4.69) is 5.32 Å². The predicted molar refractivity (Wildman–Crippen MR) is 167 cm³/mol. The second kappa shape index (κ2) is 15.2. The summed E-state index contributed by atoms with van der Waals surface area (Å²) in [5, 5.41) is 13.0. The molecule has 0 heterocycles. The predicted octanol–water partition coefficient (Wildman–Crippen LogP) is 6.25. The SMILES string of the molecule is CCC(=O)N(CCCOc1ccc(CC(Nc2ccccc2C(=O)c2ccccc2)C(=O)O)cc1)c1cccc(OC)c1. The minimum absolute atomic E-state index is 0.0197. The van der Waals surface area contributed by atoms with Crippen molar-refractivity contribution in [2.24, 2.45) is 0 Å². The Kier molecular flexibility index (Phi) is 10.9. The number of rotatable bonds is 15. The number of nitrogens with one attached hydrogen (secondary N) is 1. The molecule has 8 heteroatoms.